The summed E-state index contributed by atoms with van der Waals surface area (Å²) in [6.07, 6.45) is 9.84. The largest absolute Gasteiger partial charge is 0.492 e. The van der Waals surface area contributed by atoms with Crippen LogP contribution in [0.5, 0.6) is 5.75 Å². The predicted molar refractivity (Wildman–Crippen MR) is 145 cm³/mol. The van der Waals surface area contributed by atoms with Crippen molar-refractivity contribution in [2.45, 2.75) is 58.8 Å². The zero-order valence-electron chi connectivity index (χ0n) is 21.6. The van der Waals surface area contributed by atoms with E-state index in [4.69, 9.17) is 4.74 Å². The number of carbonyl (C=O) groups is 1. The van der Waals surface area contributed by atoms with Crippen molar-refractivity contribution in [1.82, 2.24) is 4.90 Å². The fraction of sp³-hybridized carbons (Fsp3) is 0.452. The Kier molecular flexibility index (Phi) is 8.81. The predicted octanol–water partition coefficient (Wildman–Crippen LogP) is 6.88. The Morgan fingerprint density at radius 1 is 1.00 bits per heavy atom. The van der Waals surface area contributed by atoms with Gasteiger partial charge >= 0.3 is 0 Å². The summed E-state index contributed by atoms with van der Waals surface area (Å²) in [6.45, 7) is 10.1. The van der Waals surface area contributed by atoms with Crippen LogP contribution < -0.4 is 10.1 Å². The number of hydrogen-bond acceptors (Lipinski definition) is 3. The van der Waals surface area contributed by atoms with Crippen LogP contribution >= 0.6 is 0 Å². The number of benzene rings is 2. The van der Waals surface area contributed by atoms with Gasteiger partial charge in [0.1, 0.15) is 12.4 Å². The summed E-state index contributed by atoms with van der Waals surface area (Å²) < 4.78 is 5.96. The van der Waals surface area contributed by atoms with Gasteiger partial charge in [-0.25, -0.2) is 0 Å². The van der Waals surface area contributed by atoms with Crippen LogP contribution in [-0.2, 0) is 4.79 Å². The van der Waals surface area contributed by atoms with E-state index in [2.05, 4.69) is 67.4 Å². The van der Waals surface area contributed by atoms with Crippen molar-refractivity contribution in [1.29, 1.82) is 0 Å². The van der Waals surface area contributed by atoms with Gasteiger partial charge in [0.2, 0.25) is 0 Å². The Labute approximate surface area is 211 Å². The number of allylic oxidation sites excluding steroid dienone is 3. The molecule has 0 radical (unpaired) electrons. The molecule has 4 nitrogen and oxygen atoms in total. The number of amides is 1. The summed E-state index contributed by atoms with van der Waals surface area (Å²) in [6, 6.07) is 16.7. The highest BCUT2D eigenvalue weighted by molar-refractivity contribution is 6.04. The molecule has 0 aromatic heterocycles. The van der Waals surface area contributed by atoms with Crippen LogP contribution in [0.25, 0.3) is 0 Å². The van der Waals surface area contributed by atoms with Gasteiger partial charge in [-0.1, -0.05) is 67.5 Å². The van der Waals surface area contributed by atoms with Crippen molar-refractivity contribution in [3.63, 3.8) is 0 Å². The topological polar surface area (TPSA) is 41.6 Å². The second-order valence-electron chi connectivity index (χ2n) is 9.80. The van der Waals surface area contributed by atoms with E-state index in [1.807, 2.05) is 24.3 Å². The highest BCUT2D eigenvalue weighted by Crippen LogP contribution is 2.40. The summed E-state index contributed by atoms with van der Waals surface area (Å²) in [5.74, 6) is 1.65. The third-order valence-corrected chi connectivity index (χ3v) is 7.52. The summed E-state index contributed by atoms with van der Waals surface area (Å²) in [4.78, 5) is 15.7. The first-order valence-corrected chi connectivity index (χ1v) is 13.3. The molecule has 0 aliphatic heterocycles. The molecule has 35 heavy (non-hydrogen) atoms. The van der Waals surface area contributed by atoms with E-state index in [0.717, 1.165) is 68.7 Å². The third kappa shape index (κ3) is 6.64. The van der Waals surface area contributed by atoms with Gasteiger partial charge in [0, 0.05) is 29.8 Å². The third-order valence-electron chi connectivity index (χ3n) is 7.52. The number of anilines is 1. The lowest BCUT2D eigenvalue weighted by Crippen LogP contribution is -2.27. The van der Waals surface area contributed by atoms with Crippen molar-refractivity contribution in [3.8, 4) is 5.75 Å². The first kappa shape index (κ1) is 25.2. The minimum atomic E-state index is 0.0483. The highest BCUT2D eigenvalue weighted by Gasteiger charge is 2.28. The van der Waals surface area contributed by atoms with Crippen LogP contribution in [0.4, 0.5) is 5.69 Å². The summed E-state index contributed by atoms with van der Waals surface area (Å²) in [5, 5.41) is 3.16. The van der Waals surface area contributed by atoms with Crippen molar-refractivity contribution in [3.05, 3.63) is 83.0 Å². The Morgan fingerprint density at radius 2 is 1.77 bits per heavy atom. The first-order chi connectivity index (χ1) is 17.1. The summed E-state index contributed by atoms with van der Waals surface area (Å²) in [5.41, 5.74) is 5.79. The van der Waals surface area contributed by atoms with Crippen LogP contribution in [0.1, 0.15) is 63.0 Å². The molecule has 2 aliphatic rings. The average molecular weight is 473 g/mol. The fourth-order valence-electron chi connectivity index (χ4n) is 5.33. The second kappa shape index (κ2) is 12.2. The highest BCUT2D eigenvalue weighted by atomic mass is 16.5. The van der Waals surface area contributed by atoms with E-state index in [9.17, 15) is 4.79 Å². The number of likely N-dealkylation sites (N-methyl/N-ethyl adjacent to an activating group) is 1. The lowest BCUT2D eigenvalue weighted by Gasteiger charge is -2.25. The normalized spacial score (nSPS) is 19.9. The molecule has 0 fully saturated rings. The van der Waals surface area contributed by atoms with E-state index in [1.54, 1.807) is 0 Å². The molecular weight excluding hydrogens is 432 g/mol. The van der Waals surface area contributed by atoms with Crippen LogP contribution in [-0.4, -0.2) is 37.0 Å². The smallest absolute Gasteiger partial charge is 0.251 e. The maximum absolute atomic E-state index is 13.4. The molecule has 0 saturated carbocycles. The van der Waals surface area contributed by atoms with Crippen molar-refractivity contribution in [2.75, 3.05) is 31.6 Å². The molecule has 4 heteroatoms. The number of nitrogens with zero attached hydrogens (tertiary/aromatic N) is 1. The number of ether oxygens (including phenoxy) is 1. The van der Waals surface area contributed by atoms with Gasteiger partial charge in [0.05, 0.1) is 0 Å². The molecule has 1 N–H and O–H groups in total. The number of carbonyl (C=O) groups excluding carboxylic acids is 1. The summed E-state index contributed by atoms with van der Waals surface area (Å²) in [7, 11) is 0. The van der Waals surface area contributed by atoms with E-state index >= 15 is 0 Å². The van der Waals surface area contributed by atoms with E-state index in [0.29, 0.717) is 18.4 Å². The average Bonchev–Trinajstić information content (AvgIpc) is 3.10. The van der Waals surface area contributed by atoms with Crippen LogP contribution in [0.15, 0.2) is 71.8 Å². The molecule has 0 heterocycles. The Bertz CT molecular complexity index is 1050. The van der Waals surface area contributed by atoms with Gasteiger partial charge in [0.15, 0.2) is 0 Å². The Balaban J connectivity index is 1.42. The van der Waals surface area contributed by atoms with Crippen LogP contribution in [0.3, 0.4) is 0 Å². The molecule has 2 aliphatic carbocycles. The molecule has 186 valence electrons. The SMILES string of the molecule is CCN(CC)CCOc1cccc(NC(=O)C2=C3CCC(c4ccc(C)cc4)C=CC3CCC2)c1. The number of hydrogen-bond donors (Lipinski definition) is 1. The minimum Gasteiger partial charge on any atom is -0.492 e. The maximum Gasteiger partial charge on any atom is 0.251 e. The monoisotopic (exact) mass is 472 g/mol. The molecule has 1 amide bonds. The molecular formula is C31H40N2O2. The van der Waals surface area contributed by atoms with Gasteiger partial charge < -0.3 is 15.0 Å². The second-order valence-corrected chi connectivity index (χ2v) is 9.80. The van der Waals surface area contributed by atoms with Crippen molar-refractivity contribution in [2.24, 2.45) is 5.92 Å². The molecule has 2 aromatic rings. The summed E-state index contributed by atoms with van der Waals surface area (Å²) >= 11 is 0. The molecule has 2 unspecified atom stereocenters. The molecule has 0 spiro atoms. The number of fused-ring (bicyclic) bond motifs is 1. The standard InChI is InChI=1S/C31H40N2O2/c1-4-33(5-2)20-21-35-28-10-7-9-27(22-28)32-31(34)30-11-6-8-26-17-16-25(18-19-29(26)30)24-14-12-23(3)13-15-24/h7,9-10,12-17,22,25-26H,4-6,8,11,18-21H2,1-3H3,(H,32,34). The lowest BCUT2D eigenvalue weighted by molar-refractivity contribution is -0.113. The quantitative estimate of drug-likeness (QED) is 0.404. The molecule has 0 bridgehead atoms. The van der Waals surface area contributed by atoms with Gasteiger partial charge in [-0.05, 0) is 75.7 Å². The van der Waals surface area contributed by atoms with Crippen LogP contribution in [0, 0.1) is 12.8 Å². The van der Waals surface area contributed by atoms with E-state index in [1.165, 1.54) is 16.7 Å². The van der Waals surface area contributed by atoms with E-state index < -0.39 is 0 Å². The molecule has 2 aromatic carbocycles. The molecule has 4 rings (SSSR count). The number of aryl methyl sites for hydroxylation is 1. The van der Waals surface area contributed by atoms with Crippen molar-refractivity contribution < 1.29 is 9.53 Å². The fourth-order valence-corrected chi connectivity index (χ4v) is 5.33. The lowest BCUT2D eigenvalue weighted by atomic mass is 9.80. The Morgan fingerprint density at radius 3 is 2.54 bits per heavy atom. The van der Waals surface area contributed by atoms with Gasteiger partial charge in [0.25, 0.3) is 5.91 Å². The minimum absolute atomic E-state index is 0.0483. The van der Waals surface area contributed by atoms with Gasteiger partial charge in [-0.2, -0.15) is 0 Å². The Hall–Kier alpha value is -2.85. The zero-order chi connectivity index (χ0) is 24.6. The van der Waals surface area contributed by atoms with Gasteiger partial charge in [-0.3, -0.25) is 4.79 Å². The first-order valence-electron chi connectivity index (χ1n) is 13.3. The maximum atomic E-state index is 13.4. The zero-order valence-corrected chi connectivity index (χ0v) is 21.6. The number of nitrogens with one attached hydrogen (secondary N) is 1. The van der Waals surface area contributed by atoms with Crippen molar-refractivity contribution >= 4 is 11.6 Å². The molecule has 0 saturated heterocycles. The molecule has 2 atom stereocenters. The van der Waals surface area contributed by atoms with E-state index in [-0.39, 0.29) is 5.91 Å². The van der Waals surface area contributed by atoms with Gasteiger partial charge in [-0.15, -0.1) is 0 Å². The van der Waals surface area contributed by atoms with Crippen LogP contribution in [0.2, 0.25) is 0 Å². The number of rotatable bonds is 9.